The highest BCUT2D eigenvalue weighted by Crippen LogP contribution is 2.17. The van der Waals surface area contributed by atoms with Gasteiger partial charge in [-0.15, -0.1) is 11.3 Å². The van der Waals surface area contributed by atoms with Gasteiger partial charge >= 0.3 is 5.97 Å². The van der Waals surface area contributed by atoms with Crippen LogP contribution in [0, 0.1) is 11.6 Å². The molecule has 0 radical (unpaired) electrons. The predicted molar refractivity (Wildman–Crippen MR) is 79.3 cm³/mol. The van der Waals surface area contributed by atoms with E-state index in [4.69, 9.17) is 0 Å². The van der Waals surface area contributed by atoms with E-state index in [2.05, 4.69) is 4.74 Å². The molecule has 1 aromatic carbocycles. The van der Waals surface area contributed by atoms with Crippen LogP contribution in [0.4, 0.5) is 14.5 Å². The molecule has 0 saturated carbocycles. The number of nitrogens with one attached hydrogen (secondary N) is 1. The zero-order valence-corrected chi connectivity index (χ0v) is 12.0. The molecule has 0 atom stereocenters. The van der Waals surface area contributed by atoms with Crippen molar-refractivity contribution in [1.82, 2.24) is 0 Å². The summed E-state index contributed by atoms with van der Waals surface area (Å²) in [5.74, 6) is -3.37. The molecule has 22 heavy (non-hydrogen) atoms. The molecule has 0 aliphatic rings. The van der Waals surface area contributed by atoms with Crippen molar-refractivity contribution in [2.24, 2.45) is 0 Å². The molecule has 2 aromatic rings. The Hall–Kier alpha value is -2.54. The van der Waals surface area contributed by atoms with Gasteiger partial charge < -0.3 is 10.1 Å². The van der Waals surface area contributed by atoms with Crippen molar-refractivity contribution in [2.75, 3.05) is 11.9 Å². The lowest BCUT2D eigenvalue weighted by molar-refractivity contribution is -0.142. The molecule has 1 amide bonds. The first kappa shape index (κ1) is 15.8. The number of rotatable bonds is 5. The standard InChI is InChI=1S/C15H11F2NO3S/c16-11-4-1-5-12(17)15(11)18-13(19)9-21-14(20)7-6-10-3-2-8-22-10/h1-8H,9H2,(H,18,19)/b7-6+. The van der Waals surface area contributed by atoms with Crippen molar-refractivity contribution in [1.29, 1.82) is 0 Å². The van der Waals surface area contributed by atoms with Gasteiger partial charge in [-0.1, -0.05) is 12.1 Å². The third-order valence-electron chi connectivity index (χ3n) is 2.50. The third-order valence-corrected chi connectivity index (χ3v) is 3.34. The highest BCUT2D eigenvalue weighted by molar-refractivity contribution is 7.10. The largest absolute Gasteiger partial charge is 0.452 e. The molecule has 0 spiro atoms. The Balaban J connectivity index is 1.84. The zero-order chi connectivity index (χ0) is 15.9. The summed E-state index contributed by atoms with van der Waals surface area (Å²) in [6.07, 6.45) is 2.71. The second-order valence-corrected chi connectivity index (χ2v) is 5.08. The third kappa shape index (κ3) is 4.49. The normalized spacial score (nSPS) is 10.6. The average molecular weight is 323 g/mol. The van der Waals surface area contributed by atoms with E-state index in [9.17, 15) is 18.4 Å². The molecule has 1 aromatic heterocycles. The predicted octanol–water partition coefficient (Wildman–Crippen LogP) is 3.22. The first-order valence-corrected chi connectivity index (χ1v) is 7.06. The van der Waals surface area contributed by atoms with Gasteiger partial charge in [0.05, 0.1) is 0 Å². The van der Waals surface area contributed by atoms with Crippen molar-refractivity contribution < 1.29 is 23.1 Å². The van der Waals surface area contributed by atoms with E-state index in [0.29, 0.717) is 0 Å². The lowest BCUT2D eigenvalue weighted by Gasteiger charge is -2.07. The number of esters is 1. The Morgan fingerprint density at radius 2 is 1.91 bits per heavy atom. The van der Waals surface area contributed by atoms with Crippen LogP contribution in [0.15, 0.2) is 41.8 Å². The second-order valence-electron chi connectivity index (χ2n) is 4.10. The summed E-state index contributed by atoms with van der Waals surface area (Å²) in [6.45, 7) is -0.638. The van der Waals surface area contributed by atoms with E-state index in [1.54, 1.807) is 6.08 Å². The van der Waals surface area contributed by atoms with Crippen molar-refractivity contribution >= 4 is 35.0 Å². The minimum absolute atomic E-state index is 0.572. The lowest BCUT2D eigenvalue weighted by Crippen LogP contribution is -2.21. The zero-order valence-electron chi connectivity index (χ0n) is 11.2. The summed E-state index contributed by atoms with van der Waals surface area (Å²) < 4.78 is 31.3. The van der Waals surface area contributed by atoms with Gasteiger partial charge in [-0.05, 0) is 29.7 Å². The van der Waals surface area contributed by atoms with Gasteiger partial charge in [-0.3, -0.25) is 4.79 Å². The highest BCUT2D eigenvalue weighted by Gasteiger charge is 2.12. The molecule has 1 heterocycles. The molecular formula is C15H11F2NO3S. The van der Waals surface area contributed by atoms with E-state index in [1.165, 1.54) is 23.5 Å². The molecule has 0 saturated heterocycles. The number of amides is 1. The molecule has 0 aliphatic heterocycles. The van der Waals surface area contributed by atoms with E-state index >= 15 is 0 Å². The van der Waals surface area contributed by atoms with Crippen LogP contribution in [0.3, 0.4) is 0 Å². The van der Waals surface area contributed by atoms with Crippen molar-refractivity contribution in [3.05, 3.63) is 58.3 Å². The Morgan fingerprint density at radius 1 is 1.18 bits per heavy atom. The molecular weight excluding hydrogens is 312 g/mol. The number of thiophene rings is 1. The fourth-order valence-electron chi connectivity index (χ4n) is 1.51. The first-order chi connectivity index (χ1) is 10.6. The molecule has 0 bridgehead atoms. The number of ether oxygens (including phenoxy) is 1. The number of hydrogen-bond donors (Lipinski definition) is 1. The van der Waals surface area contributed by atoms with Crippen LogP contribution in [0.25, 0.3) is 6.08 Å². The van der Waals surface area contributed by atoms with Gasteiger partial charge in [-0.2, -0.15) is 0 Å². The highest BCUT2D eigenvalue weighted by atomic mass is 32.1. The van der Waals surface area contributed by atoms with Crippen LogP contribution in [-0.2, 0) is 14.3 Å². The fraction of sp³-hybridized carbons (Fsp3) is 0.0667. The lowest BCUT2D eigenvalue weighted by atomic mass is 10.3. The van der Waals surface area contributed by atoms with E-state index in [0.717, 1.165) is 17.0 Å². The molecule has 1 N–H and O–H groups in total. The van der Waals surface area contributed by atoms with Crippen molar-refractivity contribution in [3.63, 3.8) is 0 Å². The monoisotopic (exact) mass is 323 g/mol. The number of anilines is 1. The van der Waals surface area contributed by atoms with Gasteiger partial charge in [0.1, 0.15) is 17.3 Å². The van der Waals surface area contributed by atoms with Crippen LogP contribution in [-0.4, -0.2) is 18.5 Å². The Labute approximate surface area is 129 Å². The number of benzene rings is 1. The van der Waals surface area contributed by atoms with E-state index in [-0.39, 0.29) is 0 Å². The van der Waals surface area contributed by atoms with Gasteiger partial charge in [0.25, 0.3) is 5.91 Å². The first-order valence-electron chi connectivity index (χ1n) is 6.18. The summed E-state index contributed by atoms with van der Waals surface area (Å²) in [6, 6.07) is 6.83. The minimum atomic E-state index is -0.905. The van der Waals surface area contributed by atoms with Crippen molar-refractivity contribution in [3.8, 4) is 0 Å². The van der Waals surface area contributed by atoms with Gasteiger partial charge in [0, 0.05) is 11.0 Å². The minimum Gasteiger partial charge on any atom is -0.452 e. The number of para-hydroxylation sites is 1. The maximum atomic E-state index is 13.3. The summed E-state index contributed by atoms with van der Waals surface area (Å²) >= 11 is 1.44. The summed E-state index contributed by atoms with van der Waals surface area (Å²) in [5.41, 5.74) is -0.572. The molecule has 2 rings (SSSR count). The average Bonchev–Trinajstić information content (AvgIpc) is 3.00. The summed E-state index contributed by atoms with van der Waals surface area (Å²) in [7, 11) is 0. The van der Waals surface area contributed by atoms with Crippen LogP contribution in [0.2, 0.25) is 0 Å². The van der Waals surface area contributed by atoms with Crippen molar-refractivity contribution in [2.45, 2.75) is 0 Å². The van der Waals surface area contributed by atoms with E-state index in [1.807, 2.05) is 22.8 Å². The molecule has 0 unspecified atom stereocenters. The maximum Gasteiger partial charge on any atom is 0.331 e. The number of carbonyl (C=O) groups excluding carboxylic acids is 2. The van der Waals surface area contributed by atoms with Crippen LogP contribution in [0.5, 0.6) is 0 Å². The second kappa shape index (κ2) is 7.46. The van der Waals surface area contributed by atoms with Crippen LogP contribution >= 0.6 is 11.3 Å². The molecule has 4 nitrogen and oxygen atoms in total. The fourth-order valence-corrected chi connectivity index (χ4v) is 2.13. The summed E-state index contributed by atoms with van der Waals surface area (Å²) in [4.78, 5) is 23.8. The molecule has 114 valence electrons. The SMILES string of the molecule is O=C(COC(=O)/C=C/c1cccs1)Nc1c(F)cccc1F. The molecule has 0 fully saturated rings. The number of halogens is 2. The van der Waals surface area contributed by atoms with Crippen LogP contribution in [0.1, 0.15) is 4.88 Å². The van der Waals surface area contributed by atoms with Gasteiger partial charge in [-0.25, -0.2) is 13.6 Å². The quantitative estimate of drug-likeness (QED) is 0.679. The Bertz CT molecular complexity index is 679. The van der Waals surface area contributed by atoms with Gasteiger partial charge in [0.15, 0.2) is 6.61 Å². The Morgan fingerprint density at radius 3 is 2.55 bits per heavy atom. The smallest absolute Gasteiger partial charge is 0.331 e. The van der Waals surface area contributed by atoms with Crippen LogP contribution < -0.4 is 5.32 Å². The summed E-state index contributed by atoms with van der Waals surface area (Å²) in [5, 5.41) is 3.86. The van der Waals surface area contributed by atoms with Gasteiger partial charge in [0.2, 0.25) is 0 Å². The molecule has 0 aliphatic carbocycles. The molecule has 7 heteroatoms. The number of carbonyl (C=O) groups is 2. The van der Waals surface area contributed by atoms with E-state index < -0.39 is 35.8 Å². The Kier molecular flexibility index (Phi) is 5.37. The topological polar surface area (TPSA) is 55.4 Å². The number of hydrogen-bond acceptors (Lipinski definition) is 4. The maximum absolute atomic E-state index is 13.3.